The van der Waals surface area contributed by atoms with Gasteiger partial charge in [-0.1, -0.05) is 43.7 Å². The zero-order valence-corrected chi connectivity index (χ0v) is 16.3. The Morgan fingerprint density at radius 1 is 1.21 bits per heavy atom. The van der Waals surface area contributed by atoms with Gasteiger partial charge in [0.2, 0.25) is 0 Å². The van der Waals surface area contributed by atoms with Gasteiger partial charge in [0.1, 0.15) is 0 Å². The minimum atomic E-state index is -1.07. The number of nitrogens with one attached hydrogen (secondary N) is 1. The molecular weight excluding hydrogens is 350 g/mol. The van der Waals surface area contributed by atoms with Crippen molar-refractivity contribution in [1.82, 2.24) is 10.3 Å². The quantitative estimate of drug-likeness (QED) is 0.655. The molecule has 0 spiro atoms. The molecule has 2 aromatic carbocycles. The van der Waals surface area contributed by atoms with Crippen molar-refractivity contribution in [2.45, 2.75) is 33.7 Å². The number of aromatic nitrogens is 1. The lowest BCUT2D eigenvalue weighted by molar-refractivity contribution is 0.194. The van der Waals surface area contributed by atoms with Gasteiger partial charge in [-0.05, 0) is 48.6 Å². The van der Waals surface area contributed by atoms with Crippen molar-refractivity contribution in [3.05, 3.63) is 64.8 Å². The van der Waals surface area contributed by atoms with E-state index in [-0.39, 0.29) is 6.54 Å². The first-order valence-corrected chi connectivity index (χ1v) is 9.28. The van der Waals surface area contributed by atoms with Gasteiger partial charge in [0, 0.05) is 23.2 Å². The first kappa shape index (κ1) is 19.4. The molecule has 28 heavy (non-hydrogen) atoms. The molecule has 0 fully saturated rings. The molecule has 0 unspecified atom stereocenters. The van der Waals surface area contributed by atoms with Gasteiger partial charge in [-0.3, -0.25) is 4.98 Å². The second kappa shape index (κ2) is 8.10. The Kier molecular flexibility index (Phi) is 5.60. The molecule has 2 N–H and O–H groups in total. The van der Waals surface area contributed by atoms with E-state index in [0.717, 1.165) is 45.3 Å². The van der Waals surface area contributed by atoms with Crippen LogP contribution in [-0.4, -0.2) is 16.2 Å². The molecule has 0 saturated carbocycles. The van der Waals surface area contributed by atoms with Crippen molar-refractivity contribution in [3.8, 4) is 17.2 Å². The van der Waals surface area contributed by atoms with Crippen LogP contribution >= 0.6 is 0 Å². The number of pyridine rings is 1. The SMILES string of the molecule is Cc1ccc(-c2c(CNC(=O)O)c(CC(C)C)nc3ccc(C#N)cc23)cc1. The number of nitrogens with zero attached hydrogens (tertiary/aromatic N) is 2. The summed E-state index contributed by atoms with van der Waals surface area (Å²) in [4.78, 5) is 16.0. The standard InChI is InChI=1S/C23H23N3O2/c1-14(2)10-21-19(13-25-23(27)28)22(17-7-4-15(3)5-8-17)18-11-16(12-24)6-9-20(18)26-21/h4-9,11,14,25H,10,13H2,1-3H3,(H,27,28). The normalized spacial score (nSPS) is 10.8. The first-order valence-electron chi connectivity index (χ1n) is 9.28. The lowest BCUT2D eigenvalue weighted by atomic mass is 9.90. The number of carbonyl (C=O) groups is 1. The molecule has 142 valence electrons. The van der Waals surface area contributed by atoms with E-state index >= 15 is 0 Å². The minimum Gasteiger partial charge on any atom is -0.465 e. The second-order valence-corrected chi connectivity index (χ2v) is 7.38. The third-order valence-electron chi connectivity index (χ3n) is 4.66. The number of fused-ring (bicyclic) bond motifs is 1. The summed E-state index contributed by atoms with van der Waals surface area (Å²) in [6.45, 7) is 6.43. The fourth-order valence-corrected chi connectivity index (χ4v) is 3.38. The van der Waals surface area contributed by atoms with Crippen molar-refractivity contribution in [2.75, 3.05) is 0 Å². The summed E-state index contributed by atoms with van der Waals surface area (Å²) in [6, 6.07) is 15.8. The largest absolute Gasteiger partial charge is 0.465 e. The van der Waals surface area contributed by atoms with E-state index in [2.05, 4.69) is 25.2 Å². The zero-order valence-electron chi connectivity index (χ0n) is 16.3. The molecule has 3 aromatic rings. The van der Waals surface area contributed by atoms with Crippen LogP contribution in [-0.2, 0) is 13.0 Å². The molecule has 1 aromatic heterocycles. The van der Waals surface area contributed by atoms with Gasteiger partial charge in [-0.2, -0.15) is 5.26 Å². The Bertz CT molecular complexity index is 1060. The maximum atomic E-state index is 11.2. The Morgan fingerprint density at radius 2 is 1.93 bits per heavy atom. The van der Waals surface area contributed by atoms with Crippen molar-refractivity contribution in [1.29, 1.82) is 5.26 Å². The highest BCUT2D eigenvalue weighted by molar-refractivity contribution is 5.97. The maximum absolute atomic E-state index is 11.2. The van der Waals surface area contributed by atoms with Crippen LogP contribution in [0.1, 0.15) is 36.2 Å². The highest BCUT2D eigenvalue weighted by Crippen LogP contribution is 2.35. The van der Waals surface area contributed by atoms with Gasteiger partial charge in [-0.25, -0.2) is 4.79 Å². The third kappa shape index (κ3) is 4.12. The summed E-state index contributed by atoms with van der Waals surface area (Å²) in [5.74, 6) is 0.373. The van der Waals surface area contributed by atoms with E-state index < -0.39 is 6.09 Å². The number of nitriles is 1. The molecule has 0 aliphatic carbocycles. The van der Waals surface area contributed by atoms with Gasteiger partial charge in [0.25, 0.3) is 0 Å². The highest BCUT2D eigenvalue weighted by atomic mass is 16.4. The van der Waals surface area contributed by atoms with E-state index in [4.69, 9.17) is 10.1 Å². The van der Waals surface area contributed by atoms with Crippen molar-refractivity contribution < 1.29 is 9.90 Å². The van der Waals surface area contributed by atoms with Crippen LogP contribution in [0.4, 0.5) is 4.79 Å². The average molecular weight is 373 g/mol. The van der Waals surface area contributed by atoms with Crippen LogP contribution < -0.4 is 5.32 Å². The lowest BCUT2D eigenvalue weighted by Crippen LogP contribution is -2.22. The molecule has 1 amide bonds. The van der Waals surface area contributed by atoms with Crippen LogP contribution in [0.2, 0.25) is 0 Å². The number of amides is 1. The Hall–Kier alpha value is -3.39. The molecule has 0 bridgehead atoms. The first-order chi connectivity index (χ1) is 13.4. The van der Waals surface area contributed by atoms with Gasteiger partial charge in [0.15, 0.2) is 0 Å². The fraction of sp³-hybridized carbons (Fsp3) is 0.261. The van der Waals surface area contributed by atoms with Crippen LogP contribution in [0.3, 0.4) is 0 Å². The summed E-state index contributed by atoms with van der Waals surface area (Å²) >= 11 is 0. The number of rotatable bonds is 5. The van der Waals surface area contributed by atoms with E-state index in [1.54, 1.807) is 6.07 Å². The number of hydrogen-bond acceptors (Lipinski definition) is 3. The summed E-state index contributed by atoms with van der Waals surface area (Å²) in [5.41, 5.74) is 6.18. The number of hydrogen-bond donors (Lipinski definition) is 2. The zero-order chi connectivity index (χ0) is 20.3. The molecule has 1 heterocycles. The monoisotopic (exact) mass is 373 g/mol. The Morgan fingerprint density at radius 3 is 2.54 bits per heavy atom. The van der Waals surface area contributed by atoms with Gasteiger partial charge in [0.05, 0.1) is 17.1 Å². The summed E-state index contributed by atoms with van der Waals surface area (Å²) in [5, 5.41) is 21.9. The molecule has 0 atom stereocenters. The van der Waals surface area contributed by atoms with Gasteiger partial charge >= 0.3 is 6.09 Å². The summed E-state index contributed by atoms with van der Waals surface area (Å²) < 4.78 is 0. The van der Waals surface area contributed by atoms with Gasteiger partial charge in [-0.15, -0.1) is 0 Å². The van der Waals surface area contributed by atoms with Crippen LogP contribution in [0.5, 0.6) is 0 Å². The Labute approximate surface area is 164 Å². The minimum absolute atomic E-state index is 0.167. The number of benzene rings is 2. The molecule has 5 nitrogen and oxygen atoms in total. The molecule has 0 radical (unpaired) electrons. The van der Waals surface area contributed by atoms with Crippen molar-refractivity contribution in [2.24, 2.45) is 5.92 Å². The van der Waals surface area contributed by atoms with E-state index in [0.29, 0.717) is 11.5 Å². The average Bonchev–Trinajstić information content (AvgIpc) is 2.66. The highest BCUT2D eigenvalue weighted by Gasteiger charge is 2.18. The molecule has 0 saturated heterocycles. The van der Waals surface area contributed by atoms with E-state index in [1.807, 2.05) is 43.3 Å². The molecule has 5 heteroatoms. The van der Waals surface area contributed by atoms with E-state index in [9.17, 15) is 10.1 Å². The maximum Gasteiger partial charge on any atom is 0.404 e. The smallest absolute Gasteiger partial charge is 0.404 e. The second-order valence-electron chi connectivity index (χ2n) is 7.38. The van der Waals surface area contributed by atoms with Gasteiger partial charge < -0.3 is 10.4 Å². The number of aryl methyl sites for hydroxylation is 1. The topological polar surface area (TPSA) is 86.0 Å². The molecule has 3 rings (SSSR count). The van der Waals surface area contributed by atoms with E-state index in [1.165, 1.54) is 0 Å². The third-order valence-corrected chi connectivity index (χ3v) is 4.66. The van der Waals surface area contributed by atoms with Crippen LogP contribution in [0, 0.1) is 24.2 Å². The molecular formula is C23H23N3O2. The van der Waals surface area contributed by atoms with Crippen molar-refractivity contribution >= 4 is 17.0 Å². The Balaban J connectivity index is 2.36. The fourth-order valence-electron chi connectivity index (χ4n) is 3.38. The summed E-state index contributed by atoms with van der Waals surface area (Å²) in [6.07, 6.45) is -0.331. The summed E-state index contributed by atoms with van der Waals surface area (Å²) in [7, 11) is 0. The van der Waals surface area contributed by atoms with Crippen molar-refractivity contribution in [3.63, 3.8) is 0 Å². The van der Waals surface area contributed by atoms with Crippen LogP contribution in [0.25, 0.3) is 22.0 Å². The molecule has 0 aliphatic rings. The lowest BCUT2D eigenvalue weighted by Gasteiger charge is -2.19. The van der Waals surface area contributed by atoms with Crippen LogP contribution in [0.15, 0.2) is 42.5 Å². The predicted octanol–water partition coefficient (Wildman–Crippen LogP) is 5.05. The molecule has 0 aliphatic heterocycles. The predicted molar refractivity (Wildman–Crippen MR) is 110 cm³/mol. The number of carboxylic acid groups (broad SMARTS) is 1.